The zero-order chi connectivity index (χ0) is 12.5. The molecule has 0 saturated heterocycles. The van der Waals surface area contributed by atoms with Gasteiger partial charge in [0.15, 0.2) is 0 Å². The predicted octanol–water partition coefficient (Wildman–Crippen LogP) is 4.12. The highest BCUT2D eigenvalue weighted by Gasteiger charge is 2.07. The summed E-state index contributed by atoms with van der Waals surface area (Å²) in [5.41, 5.74) is 5.27. The third-order valence-electron chi connectivity index (χ3n) is 2.27. The van der Waals surface area contributed by atoms with Crippen LogP contribution in [0.3, 0.4) is 0 Å². The number of aromatic nitrogens is 1. The van der Waals surface area contributed by atoms with Crippen molar-refractivity contribution in [2.24, 2.45) is 0 Å². The predicted molar refractivity (Wildman–Crippen MR) is 77.0 cm³/mol. The smallest absolute Gasteiger partial charge is 0.129 e. The Morgan fingerprint density at radius 1 is 1.18 bits per heavy atom. The average molecular weight is 260 g/mol. The lowest BCUT2D eigenvalue weighted by molar-refractivity contribution is 1.41. The van der Waals surface area contributed by atoms with Gasteiger partial charge >= 0.3 is 0 Å². The average Bonchev–Trinajstić information content (AvgIpc) is 2.26. The number of pyridine rings is 1. The molecular formula is C14H14ClNSi. The fourth-order valence-corrected chi connectivity index (χ4v) is 2.18. The van der Waals surface area contributed by atoms with Crippen LogP contribution in [0.1, 0.15) is 5.56 Å². The van der Waals surface area contributed by atoms with Crippen LogP contribution < -0.4 is 0 Å². The summed E-state index contributed by atoms with van der Waals surface area (Å²) in [5, 5.41) is 1.70. The van der Waals surface area contributed by atoms with E-state index in [2.05, 4.69) is 36.1 Å². The Balaban J connectivity index is 2.51. The summed E-state index contributed by atoms with van der Waals surface area (Å²) in [7, 11) is -1.33. The van der Waals surface area contributed by atoms with Crippen LogP contribution in [-0.4, -0.2) is 13.1 Å². The number of hydrogen-bond acceptors (Lipinski definition) is 1. The molecule has 0 spiro atoms. The molecule has 0 aliphatic heterocycles. The molecule has 2 rings (SSSR count). The summed E-state index contributed by atoms with van der Waals surface area (Å²) in [6.07, 6.45) is 1.72. The van der Waals surface area contributed by atoms with E-state index in [9.17, 15) is 0 Å². The Labute approximate surface area is 108 Å². The molecule has 0 saturated carbocycles. The van der Waals surface area contributed by atoms with Crippen molar-refractivity contribution in [2.45, 2.75) is 19.6 Å². The second kappa shape index (κ2) is 4.52. The van der Waals surface area contributed by atoms with E-state index in [1.54, 1.807) is 12.3 Å². The standard InChI is InChI=1S/C14H14ClNSi/c1-17(2,3)9-7-11-4-5-14-12(10-11)13(15)6-8-16-14/h4-6,8,10H,1-3H3. The SMILES string of the molecule is C[Si](C)(C)C#Cc1ccc2nccc(Cl)c2c1. The molecular weight excluding hydrogens is 246 g/mol. The highest BCUT2D eigenvalue weighted by Crippen LogP contribution is 2.22. The molecule has 0 unspecified atom stereocenters. The van der Waals surface area contributed by atoms with Gasteiger partial charge in [-0.1, -0.05) is 37.2 Å². The zero-order valence-electron chi connectivity index (χ0n) is 10.2. The lowest BCUT2D eigenvalue weighted by Crippen LogP contribution is -2.16. The maximum Gasteiger partial charge on any atom is 0.129 e. The van der Waals surface area contributed by atoms with Crippen LogP contribution in [0.25, 0.3) is 10.9 Å². The van der Waals surface area contributed by atoms with Gasteiger partial charge in [-0.15, -0.1) is 5.54 Å². The van der Waals surface area contributed by atoms with E-state index < -0.39 is 8.07 Å². The van der Waals surface area contributed by atoms with E-state index in [4.69, 9.17) is 11.6 Å². The van der Waals surface area contributed by atoms with Gasteiger partial charge in [-0.2, -0.15) is 0 Å². The molecule has 3 heteroatoms. The minimum absolute atomic E-state index is 0.728. The molecule has 0 N–H and O–H groups in total. The first-order chi connectivity index (χ1) is 7.96. The molecule has 0 aliphatic rings. The van der Waals surface area contributed by atoms with Gasteiger partial charge in [-0.05, 0) is 24.3 Å². The number of fused-ring (bicyclic) bond motifs is 1. The second-order valence-corrected chi connectivity index (χ2v) is 10.2. The normalized spacial score (nSPS) is 11.1. The first-order valence-electron chi connectivity index (χ1n) is 5.53. The van der Waals surface area contributed by atoms with Crippen molar-refractivity contribution in [2.75, 3.05) is 0 Å². The monoisotopic (exact) mass is 259 g/mol. The number of nitrogens with zero attached hydrogens (tertiary/aromatic N) is 1. The van der Waals surface area contributed by atoms with Crippen LogP contribution in [0, 0.1) is 11.5 Å². The summed E-state index contributed by atoms with van der Waals surface area (Å²) < 4.78 is 0. The first kappa shape index (κ1) is 12.2. The molecule has 0 atom stereocenters. The lowest BCUT2D eigenvalue weighted by atomic mass is 10.1. The molecule has 86 valence electrons. The summed E-state index contributed by atoms with van der Waals surface area (Å²) in [4.78, 5) is 4.27. The lowest BCUT2D eigenvalue weighted by Gasteiger charge is -2.04. The Morgan fingerprint density at radius 3 is 2.65 bits per heavy atom. The van der Waals surface area contributed by atoms with Gasteiger partial charge in [0.25, 0.3) is 0 Å². The van der Waals surface area contributed by atoms with Crippen molar-refractivity contribution >= 4 is 30.6 Å². The molecule has 1 aromatic heterocycles. The highest BCUT2D eigenvalue weighted by atomic mass is 35.5. The summed E-state index contributed by atoms with van der Waals surface area (Å²) in [6, 6.07) is 7.78. The molecule has 2 aromatic rings. The zero-order valence-corrected chi connectivity index (χ0v) is 12.0. The van der Waals surface area contributed by atoms with Gasteiger partial charge in [-0.25, -0.2) is 0 Å². The van der Waals surface area contributed by atoms with Gasteiger partial charge in [0.2, 0.25) is 0 Å². The summed E-state index contributed by atoms with van der Waals surface area (Å²) in [5.74, 6) is 3.23. The van der Waals surface area contributed by atoms with Crippen LogP contribution in [0.2, 0.25) is 24.7 Å². The number of benzene rings is 1. The van der Waals surface area contributed by atoms with Crippen molar-refractivity contribution in [3.8, 4) is 11.5 Å². The fourth-order valence-electron chi connectivity index (χ4n) is 1.45. The molecule has 0 radical (unpaired) electrons. The maximum atomic E-state index is 6.14. The molecule has 0 fully saturated rings. The van der Waals surface area contributed by atoms with Crippen molar-refractivity contribution in [3.05, 3.63) is 41.0 Å². The van der Waals surface area contributed by atoms with Crippen LogP contribution in [0.5, 0.6) is 0 Å². The minimum Gasteiger partial charge on any atom is -0.256 e. The van der Waals surface area contributed by atoms with E-state index in [-0.39, 0.29) is 0 Å². The summed E-state index contributed by atoms with van der Waals surface area (Å²) >= 11 is 6.14. The Kier molecular flexibility index (Phi) is 3.23. The quantitative estimate of drug-likeness (QED) is 0.512. The van der Waals surface area contributed by atoms with E-state index in [0.29, 0.717) is 0 Å². The third-order valence-corrected chi connectivity index (χ3v) is 3.47. The van der Waals surface area contributed by atoms with Crippen molar-refractivity contribution in [1.82, 2.24) is 4.98 Å². The molecule has 0 amide bonds. The second-order valence-electron chi connectivity index (χ2n) is 5.02. The van der Waals surface area contributed by atoms with Crippen LogP contribution in [0.4, 0.5) is 0 Å². The number of hydrogen-bond donors (Lipinski definition) is 0. The van der Waals surface area contributed by atoms with Gasteiger partial charge in [0, 0.05) is 17.1 Å². The van der Waals surface area contributed by atoms with E-state index in [1.165, 1.54) is 0 Å². The van der Waals surface area contributed by atoms with E-state index in [0.717, 1.165) is 21.5 Å². The van der Waals surface area contributed by atoms with Crippen LogP contribution >= 0.6 is 11.6 Å². The van der Waals surface area contributed by atoms with Gasteiger partial charge in [-0.3, -0.25) is 4.98 Å². The highest BCUT2D eigenvalue weighted by molar-refractivity contribution is 6.83. The molecule has 17 heavy (non-hydrogen) atoms. The van der Waals surface area contributed by atoms with Crippen molar-refractivity contribution in [1.29, 1.82) is 0 Å². The van der Waals surface area contributed by atoms with Crippen LogP contribution in [0.15, 0.2) is 30.5 Å². The van der Waals surface area contributed by atoms with Gasteiger partial charge in [0.1, 0.15) is 8.07 Å². The summed E-state index contributed by atoms with van der Waals surface area (Å²) in [6.45, 7) is 6.70. The molecule has 1 aromatic carbocycles. The van der Waals surface area contributed by atoms with E-state index in [1.807, 2.05) is 18.2 Å². The Bertz CT molecular complexity index is 617. The molecule has 0 aliphatic carbocycles. The largest absolute Gasteiger partial charge is 0.256 e. The van der Waals surface area contributed by atoms with Crippen LogP contribution in [-0.2, 0) is 0 Å². The molecule has 1 heterocycles. The molecule has 0 bridgehead atoms. The van der Waals surface area contributed by atoms with Crippen molar-refractivity contribution in [3.63, 3.8) is 0 Å². The first-order valence-corrected chi connectivity index (χ1v) is 9.41. The topological polar surface area (TPSA) is 12.9 Å². The van der Waals surface area contributed by atoms with Gasteiger partial charge in [0.05, 0.1) is 10.5 Å². The third kappa shape index (κ3) is 3.09. The van der Waals surface area contributed by atoms with Crippen molar-refractivity contribution < 1.29 is 0 Å². The Morgan fingerprint density at radius 2 is 1.94 bits per heavy atom. The minimum atomic E-state index is -1.33. The Hall–Kier alpha value is -1.30. The molecule has 1 nitrogen and oxygen atoms in total. The number of rotatable bonds is 0. The number of halogens is 1. The fraction of sp³-hybridized carbons (Fsp3) is 0.214. The maximum absolute atomic E-state index is 6.14. The van der Waals surface area contributed by atoms with Gasteiger partial charge < -0.3 is 0 Å². The van der Waals surface area contributed by atoms with E-state index >= 15 is 0 Å².